The lowest BCUT2D eigenvalue weighted by Gasteiger charge is -2.18. The smallest absolute Gasteiger partial charge is 0.0652 e. The number of rotatable bonds is 5. The van der Waals surface area contributed by atoms with E-state index < -0.39 is 0 Å². The van der Waals surface area contributed by atoms with Gasteiger partial charge in [-0.2, -0.15) is 0 Å². The minimum Gasteiger partial charge on any atom is -0.381 e. The van der Waals surface area contributed by atoms with Gasteiger partial charge in [0.1, 0.15) is 0 Å². The van der Waals surface area contributed by atoms with Crippen LogP contribution in [-0.4, -0.2) is 13.7 Å². The van der Waals surface area contributed by atoms with Gasteiger partial charge in [-0.1, -0.05) is 68.8 Å². The summed E-state index contributed by atoms with van der Waals surface area (Å²) in [5, 5.41) is 0. The molecule has 1 nitrogen and oxygen atoms in total. The van der Waals surface area contributed by atoms with Gasteiger partial charge in [0, 0.05) is 7.11 Å². The molecule has 0 unspecified atom stereocenters. The van der Waals surface area contributed by atoms with Gasteiger partial charge in [0.2, 0.25) is 0 Å². The van der Waals surface area contributed by atoms with Gasteiger partial charge in [-0.3, -0.25) is 0 Å². The van der Waals surface area contributed by atoms with Crippen molar-refractivity contribution in [2.24, 2.45) is 5.41 Å². The van der Waals surface area contributed by atoms with Crippen LogP contribution in [0.1, 0.15) is 39.7 Å². The molecule has 0 N–H and O–H groups in total. The highest BCUT2D eigenvalue weighted by Gasteiger charge is 2.11. The van der Waals surface area contributed by atoms with E-state index in [4.69, 9.17) is 4.74 Å². The molecule has 0 aliphatic carbocycles. The van der Waals surface area contributed by atoms with Crippen molar-refractivity contribution < 1.29 is 4.74 Å². The Morgan fingerprint density at radius 3 is 2.32 bits per heavy atom. The summed E-state index contributed by atoms with van der Waals surface area (Å²) in [6, 6.07) is 10.5. The Morgan fingerprint density at radius 2 is 1.79 bits per heavy atom. The largest absolute Gasteiger partial charge is 0.381 e. The van der Waals surface area contributed by atoms with Crippen LogP contribution in [0.5, 0.6) is 0 Å². The third kappa shape index (κ3) is 6.40. The summed E-state index contributed by atoms with van der Waals surface area (Å²) < 4.78 is 5.17. The van der Waals surface area contributed by atoms with Crippen LogP contribution < -0.4 is 0 Å². The monoisotopic (exact) mass is 258 g/mol. The average molecular weight is 258 g/mol. The van der Waals surface area contributed by atoms with Crippen LogP contribution in [0.15, 0.2) is 48.1 Å². The van der Waals surface area contributed by atoms with Gasteiger partial charge in [0.15, 0.2) is 0 Å². The number of allylic oxidation sites excluding steroid dienone is 3. The fourth-order valence-corrected chi connectivity index (χ4v) is 2.22. The molecule has 1 aromatic rings. The van der Waals surface area contributed by atoms with Crippen molar-refractivity contribution in [1.29, 1.82) is 0 Å². The number of ether oxygens (including phenoxy) is 1. The average Bonchev–Trinajstić information content (AvgIpc) is 2.33. The van der Waals surface area contributed by atoms with Gasteiger partial charge in [0.05, 0.1) is 6.61 Å². The van der Waals surface area contributed by atoms with Gasteiger partial charge in [0.25, 0.3) is 0 Å². The predicted molar refractivity (Wildman–Crippen MR) is 84.1 cm³/mol. The normalized spacial score (nSPS) is 13.7. The molecular weight excluding hydrogens is 232 g/mol. The molecule has 0 radical (unpaired) electrons. The molecule has 104 valence electrons. The Kier molecular flexibility index (Phi) is 6.04. The molecule has 0 fully saturated rings. The third-order valence-electron chi connectivity index (χ3n) is 2.79. The van der Waals surface area contributed by atoms with E-state index in [0.29, 0.717) is 12.0 Å². The molecule has 0 heterocycles. The molecule has 0 amide bonds. The summed E-state index contributed by atoms with van der Waals surface area (Å²) in [7, 11) is 1.73. The van der Waals surface area contributed by atoms with Crippen molar-refractivity contribution >= 4 is 5.57 Å². The summed E-state index contributed by atoms with van der Waals surface area (Å²) in [6.45, 7) is 9.65. The van der Waals surface area contributed by atoms with Crippen molar-refractivity contribution in [1.82, 2.24) is 0 Å². The molecule has 0 aromatic heterocycles. The molecule has 1 rings (SSSR count). The summed E-state index contributed by atoms with van der Waals surface area (Å²) in [5.41, 5.74) is 4.21. The lowest BCUT2D eigenvalue weighted by atomic mass is 9.87. The van der Waals surface area contributed by atoms with Crippen molar-refractivity contribution in [2.75, 3.05) is 13.7 Å². The van der Waals surface area contributed by atoms with Crippen molar-refractivity contribution in [3.63, 3.8) is 0 Å². The lowest BCUT2D eigenvalue weighted by molar-refractivity contribution is 0.234. The Balaban J connectivity index is 2.97. The Morgan fingerprint density at radius 1 is 1.16 bits per heavy atom. The standard InChI is InChI=1S/C18H26O/c1-15(14-18(2,3)4)13-17(11-12-19-5)16-9-7-6-8-10-16/h6-11,13H,12,14H2,1-5H3. The molecule has 0 saturated heterocycles. The van der Waals surface area contributed by atoms with Gasteiger partial charge < -0.3 is 4.74 Å². The van der Waals surface area contributed by atoms with E-state index in [-0.39, 0.29) is 0 Å². The molecule has 1 aromatic carbocycles. The van der Waals surface area contributed by atoms with E-state index in [9.17, 15) is 0 Å². The zero-order chi connectivity index (χ0) is 14.3. The SMILES string of the molecule is COCC=C(C=C(C)CC(C)(C)C)c1ccccc1. The number of hydrogen-bond acceptors (Lipinski definition) is 1. The summed E-state index contributed by atoms with van der Waals surface area (Å²) >= 11 is 0. The first kappa shape index (κ1) is 15.7. The first-order chi connectivity index (χ1) is 8.92. The van der Waals surface area contributed by atoms with E-state index in [1.165, 1.54) is 16.7 Å². The summed E-state index contributed by atoms with van der Waals surface area (Å²) in [5.74, 6) is 0. The minimum atomic E-state index is 0.323. The molecule has 0 aliphatic rings. The van der Waals surface area contributed by atoms with Crippen LogP contribution >= 0.6 is 0 Å². The third-order valence-corrected chi connectivity index (χ3v) is 2.79. The Hall–Kier alpha value is -1.34. The topological polar surface area (TPSA) is 9.23 Å². The second-order valence-electron chi connectivity index (χ2n) is 6.21. The number of benzene rings is 1. The molecule has 0 aliphatic heterocycles. The lowest BCUT2D eigenvalue weighted by Crippen LogP contribution is -2.05. The maximum Gasteiger partial charge on any atom is 0.0652 e. The minimum absolute atomic E-state index is 0.323. The van der Waals surface area contributed by atoms with Crippen molar-refractivity contribution in [2.45, 2.75) is 34.1 Å². The van der Waals surface area contributed by atoms with Crippen molar-refractivity contribution in [3.8, 4) is 0 Å². The molecule has 0 atom stereocenters. The van der Waals surface area contributed by atoms with Crippen LogP contribution in [0.3, 0.4) is 0 Å². The van der Waals surface area contributed by atoms with E-state index in [1.54, 1.807) is 7.11 Å². The molecule has 19 heavy (non-hydrogen) atoms. The highest BCUT2D eigenvalue weighted by Crippen LogP contribution is 2.26. The molecule has 0 bridgehead atoms. The van der Waals surface area contributed by atoms with Gasteiger partial charge in [-0.15, -0.1) is 0 Å². The first-order valence-electron chi connectivity index (χ1n) is 6.84. The van der Waals surface area contributed by atoms with E-state index in [0.717, 1.165) is 6.42 Å². The molecule has 1 heteroatoms. The van der Waals surface area contributed by atoms with Crippen molar-refractivity contribution in [3.05, 3.63) is 53.6 Å². The Bertz CT molecular complexity index is 433. The number of methoxy groups -OCH3 is 1. The zero-order valence-electron chi connectivity index (χ0n) is 12.9. The fraction of sp³-hybridized carbons (Fsp3) is 0.444. The van der Waals surface area contributed by atoms with Crippen LogP contribution in [0.4, 0.5) is 0 Å². The first-order valence-corrected chi connectivity index (χ1v) is 6.84. The summed E-state index contributed by atoms with van der Waals surface area (Å²) in [6.07, 6.45) is 5.52. The highest BCUT2D eigenvalue weighted by atomic mass is 16.5. The maximum atomic E-state index is 5.17. The van der Waals surface area contributed by atoms with E-state index >= 15 is 0 Å². The van der Waals surface area contributed by atoms with E-state index in [1.807, 2.05) is 6.07 Å². The molecular formula is C18H26O. The zero-order valence-corrected chi connectivity index (χ0v) is 12.9. The highest BCUT2D eigenvalue weighted by molar-refractivity contribution is 5.74. The van der Waals surface area contributed by atoms with Crippen LogP contribution in [-0.2, 0) is 4.74 Å². The molecule has 0 spiro atoms. The fourth-order valence-electron chi connectivity index (χ4n) is 2.22. The predicted octanol–water partition coefficient (Wildman–Crippen LogP) is 5.10. The molecule has 0 saturated carbocycles. The van der Waals surface area contributed by atoms with Crippen LogP contribution in [0.2, 0.25) is 0 Å². The van der Waals surface area contributed by atoms with Crippen LogP contribution in [0.25, 0.3) is 5.57 Å². The van der Waals surface area contributed by atoms with Gasteiger partial charge >= 0.3 is 0 Å². The van der Waals surface area contributed by atoms with E-state index in [2.05, 4.69) is 64.1 Å². The second kappa shape index (κ2) is 7.30. The summed E-state index contributed by atoms with van der Waals surface area (Å²) in [4.78, 5) is 0. The van der Waals surface area contributed by atoms with Gasteiger partial charge in [-0.05, 0) is 29.9 Å². The quantitative estimate of drug-likeness (QED) is 0.668. The Labute approximate surface area is 118 Å². The second-order valence-corrected chi connectivity index (χ2v) is 6.21. The van der Waals surface area contributed by atoms with Crippen LogP contribution in [0, 0.1) is 5.41 Å². The maximum absolute atomic E-state index is 5.17. The number of hydrogen-bond donors (Lipinski definition) is 0. The van der Waals surface area contributed by atoms with Gasteiger partial charge in [-0.25, -0.2) is 0 Å².